The number of methoxy groups -OCH3 is 1. The predicted molar refractivity (Wildman–Crippen MR) is 84.5 cm³/mol. The first-order chi connectivity index (χ1) is 10.8. The summed E-state index contributed by atoms with van der Waals surface area (Å²) in [5, 5.41) is 12.5. The SMILES string of the molecule is CCn1ncc2c1CCC[C@@H]2NCc1cnn(CCOC)c1. The van der Waals surface area contributed by atoms with Crippen LogP contribution in [0.4, 0.5) is 0 Å². The summed E-state index contributed by atoms with van der Waals surface area (Å²) in [5.41, 5.74) is 3.99. The number of nitrogens with one attached hydrogen (secondary N) is 1. The molecule has 2 heterocycles. The van der Waals surface area contributed by atoms with Crippen molar-refractivity contribution in [1.82, 2.24) is 24.9 Å². The van der Waals surface area contributed by atoms with Gasteiger partial charge in [-0.25, -0.2) is 0 Å². The summed E-state index contributed by atoms with van der Waals surface area (Å²) >= 11 is 0. The Morgan fingerprint density at radius 1 is 1.36 bits per heavy atom. The van der Waals surface area contributed by atoms with E-state index in [0.717, 1.165) is 26.1 Å². The lowest BCUT2D eigenvalue weighted by atomic mass is 9.93. The fraction of sp³-hybridized carbons (Fsp3) is 0.625. The van der Waals surface area contributed by atoms with E-state index in [1.807, 2.05) is 17.1 Å². The summed E-state index contributed by atoms with van der Waals surface area (Å²) in [6.07, 6.45) is 9.62. The van der Waals surface area contributed by atoms with E-state index >= 15 is 0 Å². The highest BCUT2D eigenvalue weighted by Crippen LogP contribution is 2.29. The Balaban J connectivity index is 1.60. The van der Waals surface area contributed by atoms with Gasteiger partial charge in [0.2, 0.25) is 0 Å². The second-order valence-corrected chi connectivity index (χ2v) is 5.79. The highest BCUT2D eigenvalue weighted by molar-refractivity contribution is 5.25. The number of rotatable bonds is 7. The van der Waals surface area contributed by atoms with Crippen molar-refractivity contribution in [1.29, 1.82) is 0 Å². The lowest BCUT2D eigenvalue weighted by Gasteiger charge is -2.24. The van der Waals surface area contributed by atoms with Gasteiger partial charge in [0, 0.05) is 49.3 Å². The van der Waals surface area contributed by atoms with E-state index in [0.29, 0.717) is 12.6 Å². The predicted octanol–water partition coefficient (Wildman–Crippen LogP) is 1.91. The van der Waals surface area contributed by atoms with Crippen molar-refractivity contribution < 1.29 is 4.74 Å². The van der Waals surface area contributed by atoms with Gasteiger partial charge < -0.3 is 10.1 Å². The van der Waals surface area contributed by atoms with Gasteiger partial charge in [-0.15, -0.1) is 0 Å². The van der Waals surface area contributed by atoms with E-state index < -0.39 is 0 Å². The maximum Gasteiger partial charge on any atom is 0.0658 e. The third-order valence-corrected chi connectivity index (χ3v) is 4.33. The fourth-order valence-corrected chi connectivity index (χ4v) is 3.15. The van der Waals surface area contributed by atoms with Crippen molar-refractivity contribution in [3.63, 3.8) is 0 Å². The van der Waals surface area contributed by atoms with Crippen LogP contribution in [0.25, 0.3) is 0 Å². The summed E-state index contributed by atoms with van der Waals surface area (Å²) in [6, 6.07) is 0.409. The molecule has 0 spiro atoms. The molecule has 0 radical (unpaired) electrons. The molecule has 0 fully saturated rings. The van der Waals surface area contributed by atoms with Gasteiger partial charge in [-0.1, -0.05) is 0 Å². The standard InChI is InChI=1S/C16H25N5O/c1-3-21-16-6-4-5-15(14(16)11-19-21)17-9-13-10-18-20(12-13)7-8-22-2/h10-12,15,17H,3-9H2,1-2H3/t15-/m0/s1. The number of hydrogen-bond donors (Lipinski definition) is 1. The Hall–Kier alpha value is -1.66. The molecule has 0 saturated carbocycles. The molecule has 2 aromatic rings. The first-order valence-electron chi connectivity index (χ1n) is 8.10. The maximum atomic E-state index is 5.08. The second kappa shape index (κ2) is 7.07. The van der Waals surface area contributed by atoms with Gasteiger partial charge in [-0.05, 0) is 26.2 Å². The number of hydrogen-bond acceptors (Lipinski definition) is 4. The van der Waals surface area contributed by atoms with E-state index in [1.54, 1.807) is 7.11 Å². The van der Waals surface area contributed by atoms with E-state index in [-0.39, 0.29) is 0 Å². The van der Waals surface area contributed by atoms with Gasteiger partial charge >= 0.3 is 0 Å². The summed E-state index contributed by atoms with van der Waals surface area (Å²) in [4.78, 5) is 0. The molecule has 0 saturated heterocycles. The number of aryl methyl sites for hydroxylation is 1. The zero-order valence-electron chi connectivity index (χ0n) is 13.5. The van der Waals surface area contributed by atoms with Gasteiger partial charge in [-0.2, -0.15) is 10.2 Å². The van der Waals surface area contributed by atoms with E-state index in [1.165, 1.54) is 29.7 Å². The molecular weight excluding hydrogens is 278 g/mol. The molecular formula is C16H25N5O. The minimum Gasteiger partial charge on any atom is -0.383 e. The van der Waals surface area contributed by atoms with E-state index in [2.05, 4.69) is 33.3 Å². The molecule has 0 amide bonds. The van der Waals surface area contributed by atoms with Crippen LogP contribution >= 0.6 is 0 Å². The van der Waals surface area contributed by atoms with Gasteiger partial charge in [0.05, 0.1) is 25.5 Å². The third kappa shape index (κ3) is 3.23. The first kappa shape index (κ1) is 15.2. The lowest BCUT2D eigenvalue weighted by molar-refractivity contribution is 0.183. The average molecular weight is 303 g/mol. The van der Waals surface area contributed by atoms with Gasteiger partial charge in [-0.3, -0.25) is 9.36 Å². The smallest absolute Gasteiger partial charge is 0.0658 e. The number of aromatic nitrogens is 4. The molecule has 0 bridgehead atoms. The summed E-state index contributed by atoms with van der Waals surface area (Å²) in [7, 11) is 1.71. The topological polar surface area (TPSA) is 56.9 Å². The average Bonchev–Trinajstić information content (AvgIpc) is 3.17. The molecule has 120 valence electrons. The van der Waals surface area contributed by atoms with Gasteiger partial charge in [0.1, 0.15) is 0 Å². The van der Waals surface area contributed by atoms with Gasteiger partial charge in [0.15, 0.2) is 0 Å². The highest BCUT2D eigenvalue weighted by atomic mass is 16.5. The Bertz CT molecular complexity index is 603. The maximum absolute atomic E-state index is 5.08. The molecule has 1 atom stereocenters. The largest absolute Gasteiger partial charge is 0.383 e. The normalized spacial score (nSPS) is 17.6. The van der Waals surface area contributed by atoms with Crippen molar-refractivity contribution in [3.05, 3.63) is 35.4 Å². The lowest BCUT2D eigenvalue weighted by Crippen LogP contribution is -2.25. The van der Waals surface area contributed by atoms with Crippen LogP contribution in [-0.2, 0) is 30.8 Å². The Kier molecular flexibility index (Phi) is 4.90. The van der Waals surface area contributed by atoms with Crippen LogP contribution in [0, 0.1) is 0 Å². The van der Waals surface area contributed by atoms with Crippen molar-refractivity contribution in [2.75, 3.05) is 13.7 Å². The van der Waals surface area contributed by atoms with Crippen molar-refractivity contribution in [2.24, 2.45) is 0 Å². The van der Waals surface area contributed by atoms with Crippen LogP contribution in [0.5, 0.6) is 0 Å². The molecule has 0 unspecified atom stereocenters. The van der Waals surface area contributed by atoms with Crippen LogP contribution in [0.1, 0.15) is 42.6 Å². The molecule has 0 aromatic carbocycles. The summed E-state index contributed by atoms with van der Waals surface area (Å²) < 4.78 is 9.14. The quantitative estimate of drug-likeness (QED) is 0.849. The molecule has 1 aliphatic carbocycles. The number of ether oxygens (including phenoxy) is 1. The van der Waals surface area contributed by atoms with E-state index in [4.69, 9.17) is 4.74 Å². The molecule has 6 heteroatoms. The molecule has 22 heavy (non-hydrogen) atoms. The number of fused-ring (bicyclic) bond motifs is 1. The monoisotopic (exact) mass is 303 g/mol. The Morgan fingerprint density at radius 2 is 2.27 bits per heavy atom. The van der Waals surface area contributed by atoms with Crippen LogP contribution < -0.4 is 5.32 Å². The zero-order valence-corrected chi connectivity index (χ0v) is 13.5. The van der Waals surface area contributed by atoms with Gasteiger partial charge in [0.25, 0.3) is 0 Å². The molecule has 0 aliphatic heterocycles. The zero-order chi connectivity index (χ0) is 15.4. The summed E-state index contributed by atoms with van der Waals surface area (Å²) in [6.45, 7) is 5.44. The van der Waals surface area contributed by atoms with Crippen molar-refractivity contribution >= 4 is 0 Å². The fourth-order valence-electron chi connectivity index (χ4n) is 3.15. The minimum atomic E-state index is 0.409. The molecule has 1 aliphatic rings. The van der Waals surface area contributed by atoms with Crippen molar-refractivity contribution in [3.8, 4) is 0 Å². The first-order valence-corrected chi connectivity index (χ1v) is 8.10. The molecule has 6 nitrogen and oxygen atoms in total. The second-order valence-electron chi connectivity index (χ2n) is 5.79. The minimum absolute atomic E-state index is 0.409. The third-order valence-electron chi connectivity index (χ3n) is 4.33. The van der Waals surface area contributed by atoms with Crippen LogP contribution in [0.15, 0.2) is 18.6 Å². The van der Waals surface area contributed by atoms with Crippen LogP contribution in [-0.4, -0.2) is 33.3 Å². The van der Waals surface area contributed by atoms with Crippen LogP contribution in [0.2, 0.25) is 0 Å². The van der Waals surface area contributed by atoms with Crippen LogP contribution in [0.3, 0.4) is 0 Å². The Labute approximate surface area is 131 Å². The molecule has 3 rings (SSSR count). The van der Waals surface area contributed by atoms with Crippen molar-refractivity contribution in [2.45, 2.75) is 51.9 Å². The Morgan fingerprint density at radius 3 is 3.09 bits per heavy atom. The molecule has 1 N–H and O–H groups in total. The van der Waals surface area contributed by atoms with E-state index in [9.17, 15) is 0 Å². The summed E-state index contributed by atoms with van der Waals surface area (Å²) in [5.74, 6) is 0. The highest BCUT2D eigenvalue weighted by Gasteiger charge is 2.23. The number of nitrogens with zero attached hydrogens (tertiary/aromatic N) is 4. The molecule has 2 aromatic heterocycles.